The van der Waals surface area contributed by atoms with Crippen molar-refractivity contribution in [3.63, 3.8) is 0 Å². The van der Waals surface area contributed by atoms with Crippen LogP contribution in [0.1, 0.15) is 24.1 Å². The Morgan fingerprint density at radius 3 is 2.70 bits per heavy atom. The molecule has 1 aliphatic rings. The molecule has 33 heavy (non-hydrogen) atoms. The molecule has 5 rings (SSSR count). The van der Waals surface area contributed by atoms with Crippen LogP contribution in [0.15, 0.2) is 69.8 Å². The van der Waals surface area contributed by atoms with Crippen molar-refractivity contribution in [2.75, 3.05) is 23.3 Å². The van der Waals surface area contributed by atoms with Gasteiger partial charge in [0.25, 0.3) is 5.89 Å². The van der Waals surface area contributed by atoms with E-state index in [1.807, 2.05) is 41.4 Å². The molecule has 1 amide bonds. The van der Waals surface area contributed by atoms with Gasteiger partial charge in [0.2, 0.25) is 17.5 Å². The Kier molecular flexibility index (Phi) is 5.64. The van der Waals surface area contributed by atoms with E-state index in [1.165, 1.54) is 6.26 Å². The van der Waals surface area contributed by atoms with Crippen LogP contribution in [0.5, 0.6) is 0 Å². The predicted molar refractivity (Wildman–Crippen MR) is 120 cm³/mol. The zero-order chi connectivity index (χ0) is 22.6. The summed E-state index contributed by atoms with van der Waals surface area (Å²) in [5.41, 5.74) is 1.36. The number of nitrogens with one attached hydrogen (secondary N) is 1. The second-order valence-electron chi connectivity index (χ2n) is 7.90. The molecule has 4 heterocycles. The quantitative estimate of drug-likeness (QED) is 0.482. The number of oxazole rings is 1. The predicted octanol–water partition coefficient (Wildman–Crippen LogP) is 3.91. The molecule has 0 unspecified atom stereocenters. The molecule has 0 bridgehead atoms. The highest BCUT2D eigenvalue weighted by molar-refractivity contribution is 5.91. The SMILES string of the molecule is N#Cc1nc(-c2ccco2)oc1N1CCC(C(=O)Nc2ccn(Cc3ccccc3)n2)CC1. The van der Waals surface area contributed by atoms with Gasteiger partial charge in [0.15, 0.2) is 11.6 Å². The second kappa shape index (κ2) is 9.04. The molecule has 0 saturated carbocycles. The summed E-state index contributed by atoms with van der Waals surface area (Å²) in [5, 5.41) is 16.8. The fraction of sp³-hybridized carbons (Fsp3) is 0.250. The van der Waals surface area contributed by atoms with E-state index in [1.54, 1.807) is 22.9 Å². The first-order valence-electron chi connectivity index (χ1n) is 10.8. The first kappa shape index (κ1) is 20.6. The van der Waals surface area contributed by atoms with E-state index in [0.29, 0.717) is 49.9 Å². The van der Waals surface area contributed by atoms with E-state index in [0.717, 1.165) is 5.56 Å². The van der Waals surface area contributed by atoms with Gasteiger partial charge in [0.05, 0.1) is 12.8 Å². The number of furan rings is 1. The van der Waals surface area contributed by atoms with Crippen LogP contribution in [-0.4, -0.2) is 33.8 Å². The third kappa shape index (κ3) is 4.50. The molecule has 1 aliphatic heterocycles. The highest BCUT2D eigenvalue weighted by Gasteiger charge is 2.29. The largest absolute Gasteiger partial charge is 0.459 e. The molecule has 3 aromatic heterocycles. The number of amides is 1. The zero-order valence-corrected chi connectivity index (χ0v) is 17.8. The normalized spacial score (nSPS) is 14.2. The highest BCUT2D eigenvalue weighted by Crippen LogP contribution is 2.31. The van der Waals surface area contributed by atoms with E-state index < -0.39 is 0 Å². The Balaban J connectivity index is 1.18. The summed E-state index contributed by atoms with van der Waals surface area (Å²) in [6.45, 7) is 1.82. The van der Waals surface area contributed by atoms with Gasteiger partial charge in [-0.1, -0.05) is 30.3 Å². The van der Waals surface area contributed by atoms with Gasteiger partial charge in [-0.15, -0.1) is 0 Å². The highest BCUT2D eigenvalue weighted by atomic mass is 16.4. The minimum absolute atomic E-state index is 0.0473. The molecule has 166 valence electrons. The summed E-state index contributed by atoms with van der Waals surface area (Å²) in [4.78, 5) is 19.0. The lowest BCUT2D eigenvalue weighted by Crippen LogP contribution is -2.38. The van der Waals surface area contributed by atoms with Gasteiger partial charge >= 0.3 is 0 Å². The molecule has 1 aromatic carbocycles. The molecular weight excluding hydrogens is 420 g/mol. The van der Waals surface area contributed by atoms with Crippen molar-refractivity contribution in [1.29, 1.82) is 5.26 Å². The molecule has 0 radical (unpaired) electrons. The zero-order valence-electron chi connectivity index (χ0n) is 17.8. The van der Waals surface area contributed by atoms with Crippen molar-refractivity contribution in [2.24, 2.45) is 5.92 Å². The average molecular weight is 442 g/mol. The number of nitriles is 1. The van der Waals surface area contributed by atoms with Crippen LogP contribution < -0.4 is 10.2 Å². The van der Waals surface area contributed by atoms with Crippen LogP contribution >= 0.6 is 0 Å². The van der Waals surface area contributed by atoms with Crippen LogP contribution in [0.25, 0.3) is 11.7 Å². The summed E-state index contributed by atoms with van der Waals surface area (Å²) in [6.07, 6.45) is 4.66. The molecule has 1 fully saturated rings. The van der Waals surface area contributed by atoms with Crippen molar-refractivity contribution < 1.29 is 13.6 Å². The lowest BCUT2D eigenvalue weighted by Gasteiger charge is -2.30. The van der Waals surface area contributed by atoms with Crippen molar-refractivity contribution in [3.8, 4) is 17.7 Å². The van der Waals surface area contributed by atoms with Gasteiger partial charge in [-0.2, -0.15) is 15.3 Å². The first-order valence-corrected chi connectivity index (χ1v) is 10.8. The summed E-state index contributed by atoms with van der Waals surface area (Å²) < 4.78 is 12.9. The first-order chi connectivity index (χ1) is 16.2. The summed E-state index contributed by atoms with van der Waals surface area (Å²) in [7, 11) is 0. The number of benzene rings is 1. The Hall–Kier alpha value is -4.32. The number of anilines is 2. The minimum atomic E-state index is -0.140. The van der Waals surface area contributed by atoms with E-state index in [9.17, 15) is 10.1 Å². The van der Waals surface area contributed by atoms with E-state index >= 15 is 0 Å². The fourth-order valence-electron chi connectivity index (χ4n) is 3.96. The number of carbonyl (C=O) groups is 1. The third-order valence-electron chi connectivity index (χ3n) is 5.68. The monoisotopic (exact) mass is 442 g/mol. The molecular formula is C24H22N6O3. The van der Waals surface area contributed by atoms with Crippen LogP contribution in [0, 0.1) is 17.2 Å². The molecule has 9 nitrogen and oxygen atoms in total. The van der Waals surface area contributed by atoms with Crippen molar-refractivity contribution in [2.45, 2.75) is 19.4 Å². The minimum Gasteiger partial charge on any atom is -0.459 e. The maximum Gasteiger partial charge on any atom is 0.266 e. The van der Waals surface area contributed by atoms with Crippen LogP contribution in [0.2, 0.25) is 0 Å². The molecule has 1 saturated heterocycles. The molecule has 1 N–H and O–H groups in total. The van der Waals surface area contributed by atoms with Crippen LogP contribution in [0.4, 0.5) is 11.7 Å². The van der Waals surface area contributed by atoms with Crippen LogP contribution in [0.3, 0.4) is 0 Å². The number of piperidine rings is 1. The Bertz CT molecular complexity index is 1260. The average Bonchev–Trinajstić information content (AvgIpc) is 3.61. The van der Waals surface area contributed by atoms with Gasteiger partial charge in [-0.3, -0.25) is 9.48 Å². The van der Waals surface area contributed by atoms with Crippen molar-refractivity contribution in [1.82, 2.24) is 14.8 Å². The second-order valence-corrected chi connectivity index (χ2v) is 7.90. The van der Waals surface area contributed by atoms with Gasteiger partial charge in [-0.05, 0) is 30.5 Å². The Morgan fingerprint density at radius 2 is 1.97 bits per heavy atom. The van der Waals surface area contributed by atoms with Crippen molar-refractivity contribution in [3.05, 3.63) is 72.2 Å². The Morgan fingerprint density at radius 1 is 1.15 bits per heavy atom. The third-order valence-corrected chi connectivity index (χ3v) is 5.68. The van der Waals surface area contributed by atoms with E-state index in [2.05, 4.69) is 21.5 Å². The molecule has 9 heteroatoms. The van der Waals surface area contributed by atoms with E-state index in [4.69, 9.17) is 8.83 Å². The number of aromatic nitrogens is 3. The van der Waals surface area contributed by atoms with Crippen molar-refractivity contribution >= 4 is 17.6 Å². The Labute approximate surface area is 190 Å². The fourth-order valence-corrected chi connectivity index (χ4v) is 3.96. The number of carbonyl (C=O) groups excluding carboxylic acids is 1. The molecule has 4 aromatic rings. The summed E-state index contributed by atoms with van der Waals surface area (Å²) in [6, 6.07) is 17.4. The lowest BCUT2D eigenvalue weighted by molar-refractivity contribution is -0.120. The number of hydrogen-bond donors (Lipinski definition) is 1. The van der Waals surface area contributed by atoms with Gasteiger partial charge in [0, 0.05) is 31.3 Å². The number of nitrogens with zero attached hydrogens (tertiary/aromatic N) is 5. The smallest absolute Gasteiger partial charge is 0.266 e. The van der Waals surface area contributed by atoms with Gasteiger partial charge < -0.3 is 19.1 Å². The number of hydrogen-bond acceptors (Lipinski definition) is 7. The van der Waals surface area contributed by atoms with Gasteiger partial charge in [-0.25, -0.2) is 0 Å². The summed E-state index contributed by atoms with van der Waals surface area (Å²) >= 11 is 0. The van der Waals surface area contributed by atoms with Gasteiger partial charge in [0.1, 0.15) is 6.07 Å². The van der Waals surface area contributed by atoms with Crippen LogP contribution in [-0.2, 0) is 11.3 Å². The lowest BCUT2D eigenvalue weighted by atomic mass is 9.96. The standard InChI is InChI=1S/C24H22N6O3/c25-15-19-24(33-23(26-19)20-7-4-14-32-20)29-11-8-18(9-12-29)22(31)27-21-10-13-30(28-21)16-17-5-2-1-3-6-17/h1-7,10,13-14,18H,8-9,11-12,16H2,(H,27,28,31). The van der Waals surface area contributed by atoms with E-state index in [-0.39, 0.29) is 23.4 Å². The molecule has 0 aliphatic carbocycles. The molecule has 0 spiro atoms. The number of rotatable bonds is 6. The topological polar surface area (TPSA) is 113 Å². The maximum absolute atomic E-state index is 12.8. The maximum atomic E-state index is 12.8. The molecule has 0 atom stereocenters. The summed E-state index contributed by atoms with van der Waals surface area (Å²) in [5.74, 6) is 1.52.